The molecule has 0 saturated heterocycles. The lowest BCUT2D eigenvalue weighted by molar-refractivity contribution is 0.102. The van der Waals surface area contributed by atoms with Crippen molar-refractivity contribution in [3.8, 4) is 0 Å². The Morgan fingerprint density at radius 2 is 1.88 bits per heavy atom. The van der Waals surface area contributed by atoms with Crippen LogP contribution < -0.4 is 10.9 Å². The van der Waals surface area contributed by atoms with Crippen LogP contribution in [0.1, 0.15) is 24.3 Å². The fourth-order valence-corrected chi connectivity index (χ4v) is 2.83. The Labute approximate surface area is 154 Å². The number of halogens is 2. The molecular weight excluding hydrogens is 357 g/mol. The lowest BCUT2D eigenvalue weighted by atomic mass is 10.1. The first-order chi connectivity index (χ1) is 12.4. The second-order valence-electron chi connectivity index (χ2n) is 6.33. The van der Waals surface area contributed by atoms with E-state index in [1.54, 1.807) is 24.3 Å². The largest absolute Gasteiger partial charge is 0.318 e. The van der Waals surface area contributed by atoms with Crippen molar-refractivity contribution in [3.05, 3.63) is 69.4 Å². The normalized spacial score (nSPS) is 11.1. The van der Waals surface area contributed by atoms with Gasteiger partial charge in [0.05, 0.1) is 16.1 Å². The van der Waals surface area contributed by atoms with Crippen molar-refractivity contribution in [1.82, 2.24) is 9.78 Å². The van der Waals surface area contributed by atoms with Crippen molar-refractivity contribution in [2.75, 3.05) is 5.32 Å². The summed E-state index contributed by atoms with van der Waals surface area (Å²) in [4.78, 5) is 25.3. The van der Waals surface area contributed by atoms with Crippen LogP contribution in [0.4, 0.5) is 10.1 Å². The zero-order valence-electron chi connectivity index (χ0n) is 14.3. The number of nitrogens with zero attached hydrogens (tertiary/aromatic N) is 2. The first-order valence-corrected chi connectivity index (χ1v) is 8.51. The summed E-state index contributed by atoms with van der Waals surface area (Å²) >= 11 is 5.75. The maximum absolute atomic E-state index is 14.1. The van der Waals surface area contributed by atoms with E-state index >= 15 is 0 Å². The minimum Gasteiger partial charge on any atom is -0.318 e. The first kappa shape index (κ1) is 18.1. The van der Waals surface area contributed by atoms with Gasteiger partial charge in [0, 0.05) is 11.9 Å². The Kier molecular flexibility index (Phi) is 5.04. The molecule has 1 heterocycles. The molecule has 5 nitrogen and oxygen atoms in total. The molecule has 2 aromatic carbocycles. The predicted molar refractivity (Wildman–Crippen MR) is 100 cm³/mol. The summed E-state index contributed by atoms with van der Waals surface area (Å²) < 4.78 is 15.4. The van der Waals surface area contributed by atoms with Crippen molar-refractivity contribution < 1.29 is 9.18 Å². The number of nitrogens with one attached hydrogen (secondary N) is 1. The van der Waals surface area contributed by atoms with Crippen LogP contribution in [0.25, 0.3) is 10.8 Å². The molecular formula is C19H17ClFN3O2. The molecule has 0 saturated carbocycles. The van der Waals surface area contributed by atoms with Gasteiger partial charge in [0.2, 0.25) is 0 Å². The predicted octanol–water partition coefficient (Wildman–Crippen LogP) is 4.10. The molecule has 134 valence electrons. The monoisotopic (exact) mass is 373 g/mol. The van der Waals surface area contributed by atoms with Gasteiger partial charge in [-0.05, 0) is 24.1 Å². The van der Waals surface area contributed by atoms with Crippen LogP contribution in [0.3, 0.4) is 0 Å². The van der Waals surface area contributed by atoms with Gasteiger partial charge in [-0.2, -0.15) is 5.10 Å². The van der Waals surface area contributed by atoms with E-state index in [9.17, 15) is 14.0 Å². The maximum Gasteiger partial charge on any atom is 0.276 e. The average Bonchev–Trinajstić information content (AvgIpc) is 2.61. The van der Waals surface area contributed by atoms with Gasteiger partial charge in [-0.3, -0.25) is 9.59 Å². The zero-order chi connectivity index (χ0) is 18.8. The number of hydrogen-bond acceptors (Lipinski definition) is 3. The van der Waals surface area contributed by atoms with Crippen molar-refractivity contribution in [2.24, 2.45) is 5.92 Å². The Hall–Kier alpha value is -2.73. The fourth-order valence-electron chi connectivity index (χ4n) is 2.65. The Morgan fingerprint density at radius 1 is 1.19 bits per heavy atom. The van der Waals surface area contributed by atoms with E-state index in [0.29, 0.717) is 17.3 Å². The molecule has 0 fully saturated rings. The average molecular weight is 374 g/mol. The van der Waals surface area contributed by atoms with Crippen LogP contribution in [0.5, 0.6) is 0 Å². The van der Waals surface area contributed by atoms with E-state index in [4.69, 9.17) is 11.6 Å². The molecule has 0 aliphatic heterocycles. The standard InChI is InChI=1S/C19H17ClFN3O2/c1-11(2)10-24-19(26)13-7-4-3-6-12(13)17(23-24)18(25)22-15-9-5-8-14(20)16(15)21/h3-9,11H,10H2,1-2H3,(H,22,25). The van der Waals surface area contributed by atoms with Gasteiger partial charge >= 0.3 is 0 Å². The maximum atomic E-state index is 14.1. The number of rotatable bonds is 4. The molecule has 26 heavy (non-hydrogen) atoms. The summed E-state index contributed by atoms with van der Waals surface area (Å²) in [6.07, 6.45) is 0. The highest BCUT2D eigenvalue weighted by atomic mass is 35.5. The molecule has 1 aromatic heterocycles. The quantitative estimate of drug-likeness (QED) is 0.748. The van der Waals surface area contributed by atoms with Gasteiger partial charge in [-0.15, -0.1) is 0 Å². The third-order valence-electron chi connectivity index (χ3n) is 3.82. The lowest BCUT2D eigenvalue weighted by Crippen LogP contribution is -2.29. The Balaban J connectivity index is 2.11. The fraction of sp³-hybridized carbons (Fsp3) is 0.211. The molecule has 0 aliphatic rings. The number of aromatic nitrogens is 2. The molecule has 0 spiro atoms. The van der Waals surface area contributed by atoms with Gasteiger partial charge in [-0.1, -0.05) is 49.7 Å². The SMILES string of the molecule is CC(C)Cn1nc(C(=O)Nc2cccc(Cl)c2F)c2ccccc2c1=O. The molecule has 1 amide bonds. The number of carbonyl (C=O) groups is 1. The molecule has 1 N–H and O–H groups in total. The highest BCUT2D eigenvalue weighted by molar-refractivity contribution is 6.31. The molecule has 0 atom stereocenters. The van der Waals surface area contributed by atoms with Crippen LogP contribution in [-0.4, -0.2) is 15.7 Å². The molecule has 0 aliphatic carbocycles. The number of amides is 1. The second-order valence-corrected chi connectivity index (χ2v) is 6.74. The molecule has 0 unspecified atom stereocenters. The Morgan fingerprint density at radius 3 is 2.58 bits per heavy atom. The third-order valence-corrected chi connectivity index (χ3v) is 4.11. The van der Waals surface area contributed by atoms with Crippen molar-refractivity contribution in [2.45, 2.75) is 20.4 Å². The summed E-state index contributed by atoms with van der Waals surface area (Å²) in [6, 6.07) is 11.1. The van der Waals surface area contributed by atoms with Crippen LogP contribution >= 0.6 is 11.6 Å². The highest BCUT2D eigenvalue weighted by Gasteiger charge is 2.19. The zero-order valence-corrected chi connectivity index (χ0v) is 15.0. The van der Waals surface area contributed by atoms with Crippen molar-refractivity contribution in [1.29, 1.82) is 0 Å². The van der Waals surface area contributed by atoms with Gasteiger partial charge in [-0.25, -0.2) is 9.07 Å². The Bertz CT molecular complexity index is 1050. The van der Waals surface area contributed by atoms with Gasteiger partial charge in [0.15, 0.2) is 11.5 Å². The smallest absolute Gasteiger partial charge is 0.276 e. The number of hydrogen-bond donors (Lipinski definition) is 1. The van der Waals surface area contributed by atoms with Crippen LogP contribution in [0.15, 0.2) is 47.3 Å². The van der Waals surface area contributed by atoms with E-state index < -0.39 is 11.7 Å². The summed E-state index contributed by atoms with van der Waals surface area (Å²) in [7, 11) is 0. The van der Waals surface area contributed by atoms with Crippen LogP contribution in [-0.2, 0) is 6.54 Å². The van der Waals surface area contributed by atoms with Crippen LogP contribution in [0.2, 0.25) is 5.02 Å². The lowest BCUT2D eigenvalue weighted by Gasteiger charge is -2.13. The summed E-state index contributed by atoms with van der Waals surface area (Å²) in [5, 5.41) is 7.42. The van der Waals surface area contributed by atoms with Gasteiger partial charge in [0.25, 0.3) is 11.5 Å². The molecule has 3 rings (SSSR count). The summed E-state index contributed by atoms with van der Waals surface area (Å²) in [5.41, 5.74) is -0.255. The molecule has 3 aromatic rings. The van der Waals surface area contributed by atoms with Crippen molar-refractivity contribution >= 4 is 34.0 Å². The van der Waals surface area contributed by atoms with Crippen LogP contribution in [0, 0.1) is 11.7 Å². The number of carbonyl (C=O) groups excluding carboxylic acids is 1. The number of anilines is 1. The number of fused-ring (bicyclic) bond motifs is 1. The molecule has 7 heteroatoms. The summed E-state index contributed by atoms with van der Waals surface area (Å²) in [6.45, 7) is 4.27. The van der Waals surface area contributed by atoms with E-state index in [0.717, 1.165) is 0 Å². The number of benzene rings is 2. The minimum absolute atomic E-state index is 0.0463. The van der Waals surface area contributed by atoms with Gasteiger partial charge in [0.1, 0.15) is 0 Å². The first-order valence-electron chi connectivity index (χ1n) is 8.13. The molecule has 0 bridgehead atoms. The molecule has 0 radical (unpaired) electrons. The van der Waals surface area contributed by atoms with Gasteiger partial charge < -0.3 is 5.32 Å². The van der Waals surface area contributed by atoms with E-state index in [-0.39, 0.29) is 27.9 Å². The second kappa shape index (κ2) is 7.25. The van der Waals surface area contributed by atoms with E-state index in [1.807, 2.05) is 13.8 Å². The van der Waals surface area contributed by atoms with E-state index in [2.05, 4.69) is 10.4 Å². The van der Waals surface area contributed by atoms with Crippen molar-refractivity contribution in [3.63, 3.8) is 0 Å². The topological polar surface area (TPSA) is 64.0 Å². The highest BCUT2D eigenvalue weighted by Crippen LogP contribution is 2.23. The van der Waals surface area contributed by atoms with E-state index in [1.165, 1.54) is 22.9 Å². The minimum atomic E-state index is -0.720. The summed E-state index contributed by atoms with van der Waals surface area (Å²) in [5.74, 6) is -1.16. The third kappa shape index (κ3) is 3.46.